The zero-order valence-corrected chi connectivity index (χ0v) is 16.6. The van der Waals surface area contributed by atoms with Crippen LogP contribution in [0.1, 0.15) is 11.5 Å². The summed E-state index contributed by atoms with van der Waals surface area (Å²) in [6.07, 6.45) is -8.99. The van der Waals surface area contributed by atoms with E-state index in [1.165, 1.54) is 12.1 Å². The van der Waals surface area contributed by atoms with Crippen LogP contribution >= 0.6 is 0 Å². The van der Waals surface area contributed by atoms with E-state index in [-0.39, 0.29) is 16.3 Å². The summed E-state index contributed by atoms with van der Waals surface area (Å²) in [5.74, 6) is -3.11. The quantitative estimate of drug-likeness (QED) is 0.182. The Hall–Kier alpha value is -3.81. The van der Waals surface area contributed by atoms with Crippen molar-refractivity contribution in [2.24, 2.45) is 0 Å². The van der Waals surface area contributed by atoms with Crippen LogP contribution in [-0.2, 0) is 0 Å². The van der Waals surface area contributed by atoms with Gasteiger partial charge in [0.15, 0.2) is 10.9 Å². The fourth-order valence-corrected chi connectivity index (χ4v) is 5.00. The van der Waals surface area contributed by atoms with Gasteiger partial charge in [-0.1, -0.05) is 36.4 Å². The van der Waals surface area contributed by atoms with E-state index >= 15 is 0 Å². The van der Waals surface area contributed by atoms with Crippen LogP contribution in [0.25, 0.3) is 48.9 Å². The predicted octanol–water partition coefficient (Wildman–Crippen LogP) is 6.06. The minimum atomic E-state index is -5.24. The van der Waals surface area contributed by atoms with E-state index in [2.05, 4.69) is 0 Å². The normalized spacial score (nSPS) is 14.0. The van der Waals surface area contributed by atoms with Gasteiger partial charge in [-0.25, -0.2) is 8.78 Å². The number of hydrogen-bond acceptors (Lipinski definition) is 2. The standard InChI is InChI=1S/C25H12F5NO2/c26-24(27)22(25(28,29)30)12-7-15-19(32)9-17-13-5-1-3-11-4-2-6-14(21(11)13)18-10-20(33)16(8-12)23(15)31(17)18/h1-10,22,24H. The fraction of sp³-hybridized carbons (Fsp3) is 0.120. The van der Waals surface area contributed by atoms with Gasteiger partial charge < -0.3 is 4.40 Å². The van der Waals surface area contributed by atoms with Crippen molar-refractivity contribution in [3.05, 3.63) is 86.7 Å². The Morgan fingerprint density at radius 1 is 0.727 bits per heavy atom. The maximum atomic E-state index is 13.4. The number of aromatic nitrogens is 1. The number of pyridine rings is 3. The van der Waals surface area contributed by atoms with Crippen molar-refractivity contribution in [2.75, 3.05) is 0 Å². The molecule has 3 aromatic carbocycles. The highest BCUT2D eigenvalue weighted by atomic mass is 19.4. The molecule has 33 heavy (non-hydrogen) atoms. The minimum absolute atomic E-state index is 0.130. The smallest absolute Gasteiger partial charge is 0.307 e. The summed E-state index contributed by atoms with van der Waals surface area (Å²) in [6.45, 7) is 0. The molecule has 0 saturated heterocycles. The van der Waals surface area contributed by atoms with Gasteiger partial charge in [-0.15, -0.1) is 0 Å². The maximum absolute atomic E-state index is 13.4. The molecule has 0 amide bonds. The van der Waals surface area contributed by atoms with Gasteiger partial charge in [0, 0.05) is 39.1 Å². The largest absolute Gasteiger partial charge is 0.401 e. The average Bonchev–Trinajstić information content (AvgIpc) is 2.74. The molecule has 6 rings (SSSR count). The Morgan fingerprint density at radius 2 is 1.24 bits per heavy atom. The molecule has 0 N–H and O–H groups in total. The molecular formula is C25H12F5NO2. The van der Waals surface area contributed by atoms with Crippen LogP contribution in [0.4, 0.5) is 22.0 Å². The third-order valence-corrected chi connectivity index (χ3v) is 6.32. The van der Waals surface area contributed by atoms with Crippen LogP contribution in [0.3, 0.4) is 0 Å². The van der Waals surface area contributed by atoms with Crippen LogP contribution in [-0.4, -0.2) is 17.0 Å². The summed E-state index contributed by atoms with van der Waals surface area (Å²) >= 11 is 0. The molecule has 0 saturated carbocycles. The van der Waals surface area contributed by atoms with E-state index in [0.29, 0.717) is 11.0 Å². The highest BCUT2D eigenvalue weighted by Crippen LogP contribution is 2.41. The molecule has 3 heterocycles. The van der Waals surface area contributed by atoms with Crippen molar-refractivity contribution < 1.29 is 22.0 Å². The molecule has 3 aromatic heterocycles. The van der Waals surface area contributed by atoms with Gasteiger partial charge >= 0.3 is 6.18 Å². The summed E-state index contributed by atoms with van der Waals surface area (Å²) in [5, 5.41) is 2.84. The first-order valence-electron chi connectivity index (χ1n) is 10.0. The van der Waals surface area contributed by atoms with Crippen molar-refractivity contribution in [1.29, 1.82) is 0 Å². The number of fused-ring (bicyclic) bond motifs is 2. The predicted molar refractivity (Wildman–Crippen MR) is 117 cm³/mol. The van der Waals surface area contributed by atoms with Gasteiger partial charge in [0.05, 0.1) is 16.6 Å². The van der Waals surface area contributed by atoms with Gasteiger partial charge in [-0.3, -0.25) is 9.59 Å². The molecule has 164 valence electrons. The zero-order chi connectivity index (χ0) is 23.2. The second kappa shape index (κ2) is 6.37. The number of alkyl halides is 5. The van der Waals surface area contributed by atoms with E-state index in [1.807, 2.05) is 36.4 Å². The third-order valence-electron chi connectivity index (χ3n) is 6.32. The zero-order valence-electron chi connectivity index (χ0n) is 16.6. The molecule has 0 spiro atoms. The van der Waals surface area contributed by atoms with Crippen LogP contribution < -0.4 is 10.9 Å². The molecule has 8 heteroatoms. The Balaban J connectivity index is 1.88. The van der Waals surface area contributed by atoms with Gasteiger partial charge in [-0.2, -0.15) is 13.2 Å². The summed E-state index contributed by atoms with van der Waals surface area (Å²) in [4.78, 5) is 26.1. The Kier molecular flexibility index (Phi) is 3.83. The minimum Gasteiger partial charge on any atom is -0.307 e. The molecule has 6 aromatic rings. The lowest BCUT2D eigenvalue weighted by Gasteiger charge is -2.22. The van der Waals surface area contributed by atoms with Crippen LogP contribution in [0.15, 0.2) is 70.3 Å². The summed E-state index contributed by atoms with van der Waals surface area (Å²) in [7, 11) is 0. The van der Waals surface area contributed by atoms with Gasteiger partial charge in [0.2, 0.25) is 0 Å². The van der Waals surface area contributed by atoms with E-state index in [0.717, 1.165) is 33.7 Å². The fourth-order valence-electron chi connectivity index (χ4n) is 5.00. The summed E-state index contributed by atoms with van der Waals surface area (Å²) < 4.78 is 68.7. The maximum Gasteiger partial charge on any atom is 0.401 e. The van der Waals surface area contributed by atoms with Crippen LogP contribution in [0.5, 0.6) is 0 Å². The lowest BCUT2D eigenvalue weighted by molar-refractivity contribution is -0.178. The Bertz CT molecular complexity index is 1730. The number of benzene rings is 3. The highest BCUT2D eigenvalue weighted by Gasteiger charge is 2.47. The molecule has 0 aliphatic carbocycles. The molecule has 0 bridgehead atoms. The molecule has 0 aliphatic heterocycles. The molecule has 0 aliphatic rings. The molecular weight excluding hydrogens is 441 g/mol. The molecule has 0 radical (unpaired) electrons. The number of nitrogens with zero attached hydrogens (tertiary/aromatic N) is 1. The van der Waals surface area contributed by atoms with Gasteiger partial charge in [0.1, 0.15) is 5.92 Å². The Labute approximate surface area is 181 Å². The number of halogens is 5. The van der Waals surface area contributed by atoms with Crippen molar-refractivity contribution in [1.82, 2.24) is 4.40 Å². The number of rotatable bonds is 2. The van der Waals surface area contributed by atoms with Crippen molar-refractivity contribution >= 4 is 48.9 Å². The monoisotopic (exact) mass is 453 g/mol. The van der Waals surface area contributed by atoms with Crippen molar-refractivity contribution in [2.45, 2.75) is 18.5 Å². The molecule has 1 atom stereocenters. The number of hydrogen-bond donors (Lipinski definition) is 0. The van der Waals surface area contributed by atoms with Crippen LogP contribution in [0.2, 0.25) is 0 Å². The van der Waals surface area contributed by atoms with E-state index < -0.39 is 34.9 Å². The first-order valence-corrected chi connectivity index (χ1v) is 10.0. The first kappa shape index (κ1) is 19.8. The first-order chi connectivity index (χ1) is 15.7. The molecule has 0 fully saturated rings. The molecule has 1 unspecified atom stereocenters. The van der Waals surface area contributed by atoms with Crippen molar-refractivity contribution in [3.8, 4) is 0 Å². The van der Waals surface area contributed by atoms with Gasteiger partial charge in [0.25, 0.3) is 6.43 Å². The van der Waals surface area contributed by atoms with E-state index in [9.17, 15) is 31.5 Å². The van der Waals surface area contributed by atoms with Gasteiger partial charge in [-0.05, 0) is 23.1 Å². The summed E-state index contributed by atoms with van der Waals surface area (Å²) in [5.41, 5.74) is -0.969. The lowest BCUT2D eigenvalue weighted by Crippen LogP contribution is -2.27. The average molecular weight is 453 g/mol. The highest BCUT2D eigenvalue weighted by molar-refractivity contribution is 6.22. The molecule has 3 nitrogen and oxygen atoms in total. The van der Waals surface area contributed by atoms with E-state index in [4.69, 9.17) is 0 Å². The van der Waals surface area contributed by atoms with Crippen molar-refractivity contribution in [3.63, 3.8) is 0 Å². The van der Waals surface area contributed by atoms with E-state index in [1.54, 1.807) is 4.40 Å². The van der Waals surface area contributed by atoms with Crippen LogP contribution in [0, 0.1) is 0 Å². The topological polar surface area (TPSA) is 38.5 Å². The second-order valence-corrected chi connectivity index (χ2v) is 8.15. The second-order valence-electron chi connectivity index (χ2n) is 8.15. The SMILES string of the molecule is O=c1cc2c3cccc4cccc(c43)c3cc(=O)c4cc(C(C(F)F)C(F)(F)F)cc1c4n23. The summed E-state index contributed by atoms with van der Waals surface area (Å²) in [6, 6.07) is 15.4. The lowest BCUT2D eigenvalue weighted by atomic mass is 9.93. The Morgan fingerprint density at radius 3 is 1.70 bits per heavy atom. The third kappa shape index (κ3) is 2.60.